The van der Waals surface area contributed by atoms with Crippen molar-refractivity contribution in [2.75, 3.05) is 31.6 Å². The van der Waals surface area contributed by atoms with Crippen LogP contribution in [0.2, 0.25) is 0 Å². The molecule has 0 amide bonds. The van der Waals surface area contributed by atoms with Crippen LogP contribution in [-0.2, 0) is 6.18 Å². The molecule has 1 atom stereocenters. The second-order valence-corrected chi connectivity index (χ2v) is 6.68. The number of anilines is 1. The number of nitrogens with zero attached hydrogens (tertiary/aromatic N) is 3. The summed E-state index contributed by atoms with van der Waals surface area (Å²) in [6.45, 7) is 4.12. The fourth-order valence-electron chi connectivity index (χ4n) is 3.17. The van der Waals surface area contributed by atoms with Gasteiger partial charge in [0.2, 0.25) is 0 Å². The smallest absolute Gasteiger partial charge is 0.372 e. The number of likely N-dealkylation sites (N-methyl/N-ethyl adjacent to an activating group) is 1. The SMILES string of the molecule is CC(CN(C)c1ccc(C(F)(F)F)cc1)n1ncc(C2CNC2)c1C=O. The standard InChI is InChI=1S/C18H21F3N4O/c1-12(25-17(11-26)16(9-23-25)13-7-22-8-13)10-24(2)15-5-3-14(4-6-15)18(19,20)21/h3-6,9,11-13,22H,7-8,10H2,1-2H3. The Morgan fingerprint density at radius 2 is 2.00 bits per heavy atom. The molecule has 0 saturated carbocycles. The number of alkyl halides is 3. The second-order valence-electron chi connectivity index (χ2n) is 6.68. The Labute approximate surface area is 149 Å². The number of nitrogens with one attached hydrogen (secondary N) is 1. The maximum Gasteiger partial charge on any atom is 0.416 e. The highest BCUT2D eigenvalue weighted by Gasteiger charge is 2.30. The molecule has 0 bridgehead atoms. The van der Waals surface area contributed by atoms with E-state index in [1.54, 1.807) is 17.9 Å². The summed E-state index contributed by atoms with van der Waals surface area (Å²) in [7, 11) is 1.81. The van der Waals surface area contributed by atoms with Crippen LogP contribution in [0.15, 0.2) is 30.5 Å². The first-order valence-electron chi connectivity index (χ1n) is 8.43. The van der Waals surface area contributed by atoms with Gasteiger partial charge in [0.05, 0.1) is 17.8 Å². The maximum absolute atomic E-state index is 12.7. The predicted octanol–water partition coefficient (Wildman–Crippen LogP) is 3.10. The number of benzene rings is 1. The van der Waals surface area contributed by atoms with Gasteiger partial charge in [-0.1, -0.05) is 0 Å². The number of rotatable bonds is 6. The Bertz CT molecular complexity index is 766. The van der Waals surface area contributed by atoms with E-state index in [0.29, 0.717) is 23.8 Å². The average Bonchev–Trinajstić information content (AvgIpc) is 2.96. The molecule has 1 aliphatic heterocycles. The molecule has 1 aromatic carbocycles. The molecule has 2 aromatic rings. The van der Waals surface area contributed by atoms with E-state index in [4.69, 9.17) is 0 Å². The van der Waals surface area contributed by atoms with Crippen LogP contribution in [0.25, 0.3) is 0 Å². The monoisotopic (exact) mass is 366 g/mol. The van der Waals surface area contributed by atoms with E-state index in [9.17, 15) is 18.0 Å². The molecule has 1 N–H and O–H groups in total. The lowest BCUT2D eigenvalue weighted by atomic mass is 9.94. The van der Waals surface area contributed by atoms with Crippen molar-refractivity contribution < 1.29 is 18.0 Å². The summed E-state index contributed by atoms with van der Waals surface area (Å²) in [4.78, 5) is 13.4. The van der Waals surface area contributed by atoms with Crippen LogP contribution in [0.5, 0.6) is 0 Å². The van der Waals surface area contributed by atoms with E-state index in [-0.39, 0.29) is 6.04 Å². The molecule has 2 heterocycles. The Hall–Kier alpha value is -2.35. The van der Waals surface area contributed by atoms with Crippen molar-refractivity contribution in [3.63, 3.8) is 0 Å². The molecule has 1 saturated heterocycles. The van der Waals surface area contributed by atoms with Crippen molar-refractivity contribution in [3.8, 4) is 0 Å². The molecular formula is C18H21F3N4O. The molecule has 0 spiro atoms. The molecule has 8 heteroatoms. The third-order valence-corrected chi connectivity index (χ3v) is 4.79. The topological polar surface area (TPSA) is 50.2 Å². The lowest BCUT2D eigenvalue weighted by Gasteiger charge is -2.27. The first kappa shape index (κ1) is 18.4. The minimum absolute atomic E-state index is 0.107. The highest BCUT2D eigenvalue weighted by Crippen LogP contribution is 2.31. The van der Waals surface area contributed by atoms with E-state index < -0.39 is 11.7 Å². The first-order chi connectivity index (χ1) is 12.3. The van der Waals surface area contributed by atoms with E-state index in [2.05, 4.69) is 10.4 Å². The number of carbonyl (C=O) groups excluding carboxylic acids is 1. The van der Waals surface area contributed by atoms with Crippen LogP contribution in [0.1, 0.15) is 40.5 Å². The van der Waals surface area contributed by atoms with Gasteiger partial charge >= 0.3 is 6.18 Å². The normalized spacial score (nSPS) is 16.2. The van der Waals surface area contributed by atoms with Gasteiger partial charge in [0.25, 0.3) is 0 Å². The molecule has 1 fully saturated rings. The number of aromatic nitrogens is 2. The highest BCUT2D eigenvalue weighted by molar-refractivity contribution is 5.75. The van der Waals surface area contributed by atoms with Crippen molar-refractivity contribution in [3.05, 3.63) is 47.3 Å². The molecule has 26 heavy (non-hydrogen) atoms. The van der Waals surface area contributed by atoms with Gasteiger partial charge in [0.15, 0.2) is 6.29 Å². The van der Waals surface area contributed by atoms with Gasteiger partial charge in [-0.3, -0.25) is 9.48 Å². The van der Waals surface area contributed by atoms with Crippen LogP contribution in [0.3, 0.4) is 0 Å². The lowest BCUT2D eigenvalue weighted by molar-refractivity contribution is -0.137. The summed E-state index contributed by atoms with van der Waals surface area (Å²) in [5.41, 5.74) is 1.53. The van der Waals surface area contributed by atoms with E-state index in [1.807, 2.05) is 11.8 Å². The first-order valence-corrected chi connectivity index (χ1v) is 8.43. The summed E-state index contributed by atoms with van der Waals surface area (Å²) in [6.07, 6.45) is -1.77. The summed E-state index contributed by atoms with van der Waals surface area (Å²) in [5, 5.41) is 7.54. The zero-order chi connectivity index (χ0) is 18.9. The van der Waals surface area contributed by atoms with Crippen LogP contribution < -0.4 is 10.2 Å². The van der Waals surface area contributed by atoms with Crippen molar-refractivity contribution in [1.29, 1.82) is 0 Å². The summed E-state index contributed by atoms with van der Waals surface area (Å²) in [5.74, 6) is 0.309. The molecule has 1 aliphatic rings. The number of aldehydes is 1. The molecule has 0 radical (unpaired) electrons. The molecule has 1 aromatic heterocycles. The Balaban J connectivity index is 1.72. The Morgan fingerprint density at radius 3 is 2.50 bits per heavy atom. The largest absolute Gasteiger partial charge is 0.416 e. The molecule has 140 valence electrons. The predicted molar refractivity (Wildman–Crippen MR) is 92.7 cm³/mol. The highest BCUT2D eigenvalue weighted by atomic mass is 19.4. The Kier molecular flexibility index (Phi) is 5.04. The van der Waals surface area contributed by atoms with Crippen molar-refractivity contribution in [2.24, 2.45) is 0 Å². The van der Waals surface area contributed by atoms with Gasteiger partial charge in [-0.2, -0.15) is 18.3 Å². The van der Waals surface area contributed by atoms with Crippen LogP contribution in [0.4, 0.5) is 18.9 Å². The molecular weight excluding hydrogens is 345 g/mol. The van der Waals surface area contributed by atoms with Gasteiger partial charge < -0.3 is 10.2 Å². The van der Waals surface area contributed by atoms with Crippen molar-refractivity contribution in [1.82, 2.24) is 15.1 Å². The molecule has 5 nitrogen and oxygen atoms in total. The van der Waals surface area contributed by atoms with Crippen LogP contribution in [-0.4, -0.2) is 42.7 Å². The number of hydrogen-bond acceptors (Lipinski definition) is 4. The van der Waals surface area contributed by atoms with Crippen LogP contribution >= 0.6 is 0 Å². The fourth-order valence-corrected chi connectivity index (χ4v) is 3.17. The van der Waals surface area contributed by atoms with Gasteiger partial charge in [-0.25, -0.2) is 0 Å². The molecule has 1 unspecified atom stereocenters. The molecule has 3 rings (SSSR count). The lowest BCUT2D eigenvalue weighted by Crippen LogP contribution is -2.40. The Morgan fingerprint density at radius 1 is 1.35 bits per heavy atom. The zero-order valence-corrected chi connectivity index (χ0v) is 14.6. The summed E-state index contributed by atoms with van der Waals surface area (Å²) >= 11 is 0. The number of carbonyl (C=O) groups is 1. The maximum atomic E-state index is 12.7. The van der Waals surface area contributed by atoms with Gasteiger partial charge in [-0.05, 0) is 31.2 Å². The van der Waals surface area contributed by atoms with E-state index >= 15 is 0 Å². The number of halogens is 3. The zero-order valence-electron chi connectivity index (χ0n) is 14.6. The van der Waals surface area contributed by atoms with Gasteiger partial charge in [0, 0.05) is 43.9 Å². The second kappa shape index (κ2) is 7.11. The minimum Gasteiger partial charge on any atom is -0.372 e. The van der Waals surface area contributed by atoms with E-state index in [0.717, 1.165) is 37.1 Å². The van der Waals surface area contributed by atoms with Gasteiger partial charge in [-0.15, -0.1) is 0 Å². The molecule has 0 aliphatic carbocycles. The van der Waals surface area contributed by atoms with E-state index in [1.165, 1.54) is 12.1 Å². The summed E-state index contributed by atoms with van der Waals surface area (Å²) < 4.78 is 39.7. The van der Waals surface area contributed by atoms with Crippen molar-refractivity contribution in [2.45, 2.75) is 25.1 Å². The van der Waals surface area contributed by atoms with Crippen molar-refractivity contribution >= 4 is 12.0 Å². The quantitative estimate of drug-likeness (QED) is 0.799. The third kappa shape index (κ3) is 3.60. The number of hydrogen-bond donors (Lipinski definition) is 1. The minimum atomic E-state index is -4.34. The third-order valence-electron chi connectivity index (χ3n) is 4.79. The van der Waals surface area contributed by atoms with Crippen LogP contribution in [0, 0.1) is 0 Å². The average molecular weight is 366 g/mol. The van der Waals surface area contributed by atoms with Gasteiger partial charge in [0.1, 0.15) is 5.69 Å². The summed E-state index contributed by atoms with van der Waals surface area (Å²) in [6, 6.07) is 4.94. The fraction of sp³-hybridized carbons (Fsp3) is 0.444.